The molecule has 1 aromatic carbocycles. The Labute approximate surface area is 89.0 Å². The lowest BCUT2D eigenvalue weighted by atomic mass is 10.1. The molecule has 0 saturated carbocycles. The first-order chi connectivity index (χ1) is 6.79. The maximum Gasteiger partial charge on any atom is 0.132 e. The van der Waals surface area contributed by atoms with Gasteiger partial charge in [0.05, 0.1) is 10.2 Å². The van der Waals surface area contributed by atoms with Crippen molar-refractivity contribution in [3.8, 4) is 11.3 Å². The van der Waals surface area contributed by atoms with Crippen LogP contribution < -0.4 is 0 Å². The summed E-state index contributed by atoms with van der Waals surface area (Å²) in [4.78, 5) is 7.83. The van der Waals surface area contributed by atoms with Gasteiger partial charge in [-0.3, -0.25) is 0 Å². The van der Waals surface area contributed by atoms with Gasteiger partial charge in [0.2, 0.25) is 0 Å². The molecule has 1 heterocycles. The highest BCUT2D eigenvalue weighted by molar-refractivity contribution is 9.10. The minimum atomic E-state index is -0.285. The van der Waals surface area contributed by atoms with E-state index in [-0.39, 0.29) is 5.82 Å². The van der Waals surface area contributed by atoms with Gasteiger partial charge < -0.3 is 0 Å². The highest BCUT2D eigenvalue weighted by atomic mass is 79.9. The van der Waals surface area contributed by atoms with Gasteiger partial charge in [0.15, 0.2) is 0 Å². The van der Waals surface area contributed by atoms with Gasteiger partial charge in [0.1, 0.15) is 12.1 Å². The highest BCUT2D eigenvalue weighted by Gasteiger charge is 2.08. The normalized spacial score (nSPS) is 10.1. The van der Waals surface area contributed by atoms with Crippen LogP contribution in [0.4, 0.5) is 4.39 Å². The van der Waals surface area contributed by atoms with E-state index >= 15 is 0 Å². The number of aromatic nitrogens is 2. The first kappa shape index (κ1) is 9.27. The Morgan fingerprint density at radius 1 is 1.21 bits per heavy atom. The van der Waals surface area contributed by atoms with Gasteiger partial charge in [-0.25, -0.2) is 14.4 Å². The van der Waals surface area contributed by atoms with Crippen molar-refractivity contribution in [1.29, 1.82) is 0 Å². The fourth-order valence-electron chi connectivity index (χ4n) is 1.16. The molecule has 0 spiro atoms. The molecule has 4 heteroatoms. The molecule has 0 fully saturated rings. The maximum atomic E-state index is 13.4. The van der Waals surface area contributed by atoms with E-state index in [0.717, 1.165) is 0 Å². The third-order valence-electron chi connectivity index (χ3n) is 1.80. The molecule has 0 radical (unpaired) electrons. The van der Waals surface area contributed by atoms with E-state index in [9.17, 15) is 4.39 Å². The van der Waals surface area contributed by atoms with Gasteiger partial charge in [-0.15, -0.1) is 0 Å². The zero-order chi connectivity index (χ0) is 9.97. The summed E-state index contributed by atoms with van der Waals surface area (Å²) < 4.78 is 14.1. The average Bonchev–Trinajstić information content (AvgIpc) is 2.20. The van der Waals surface area contributed by atoms with Gasteiger partial charge in [-0.05, 0) is 28.1 Å². The smallest absolute Gasteiger partial charge is 0.132 e. The van der Waals surface area contributed by atoms with Crippen molar-refractivity contribution in [1.82, 2.24) is 9.97 Å². The molecule has 0 aliphatic rings. The minimum Gasteiger partial charge on any atom is -0.244 e. The maximum absolute atomic E-state index is 13.4. The van der Waals surface area contributed by atoms with Crippen LogP contribution in [0.1, 0.15) is 0 Å². The molecule has 0 N–H and O–H groups in total. The lowest BCUT2D eigenvalue weighted by Gasteiger charge is -2.03. The van der Waals surface area contributed by atoms with Crippen molar-refractivity contribution in [2.24, 2.45) is 0 Å². The Hall–Kier alpha value is -1.29. The molecule has 0 amide bonds. The number of hydrogen-bond acceptors (Lipinski definition) is 2. The van der Waals surface area contributed by atoms with Crippen molar-refractivity contribution >= 4 is 15.9 Å². The lowest BCUT2D eigenvalue weighted by Crippen LogP contribution is -1.89. The lowest BCUT2D eigenvalue weighted by molar-refractivity contribution is 0.630. The second-order valence-electron chi connectivity index (χ2n) is 2.70. The summed E-state index contributed by atoms with van der Waals surface area (Å²) in [6.45, 7) is 0. The standard InChI is InChI=1S/C10H6BrFN2/c11-8-5-13-6-14-10(8)7-3-1-2-4-9(7)12/h1-6H. The van der Waals surface area contributed by atoms with E-state index < -0.39 is 0 Å². The topological polar surface area (TPSA) is 25.8 Å². The number of halogens is 2. The highest BCUT2D eigenvalue weighted by Crippen LogP contribution is 2.26. The molecular formula is C10H6BrFN2. The van der Waals surface area contributed by atoms with Crippen LogP contribution in [-0.4, -0.2) is 9.97 Å². The monoisotopic (exact) mass is 252 g/mol. The Bertz CT molecular complexity index is 416. The van der Waals surface area contributed by atoms with Crippen LogP contribution in [0.15, 0.2) is 41.3 Å². The Balaban J connectivity index is 2.61. The van der Waals surface area contributed by atoms with Gasteiger partial charge >= 0.3 is 0 Å². The molecule has 14 heavy (non-hydrogen) atoms. The second kappa shape index (κ2) is 3.84. The van der Waals surface area contributed by atoms with Crippen LogP contribution in [0.3, 0.4) is 0 Å². The van der Waals surface area contributed by atoms with Crippen LogP contribution >= 0.6 is 15.9 Å². The third kappa shape index (κ3) is 1.65. The summed E-state index contributed by atoms with van der Waals surface area (Å²) in [5.74, 6) is -0.285. The molecule has 70 valence electrons. The van der Waals surface area contributed by atoms with Gasteiger partial charge in [-0.2, -0.15) is 0 Å². The quantitative estimate of drug-likeness (QED) is 0.780. The molecule has 1 aromatic heterocycles. The molecule has 0 aliphatic heterocycles. The van der Waals surface area contributed by atoms with E-state index in [1.807, 2.05) is 0 Å². The fourth-order valence-corrected chi connectivity index (χ4v) is 1.60. The summed E-state index contributed by atoms with van der Waals surface area (Å²) in [7, 11) is 0. The zero-order valence-corrected chi connectivity index (χ0v) is 8.70. The van der Waals surface area contributed by atoms with Crippen molar-refractivity contribution in [2.75, 3.05) is 0 Å². The number of nitrogens with zero attached hydrogens (tertiary/aromatic N) is 2. The predicted octanol–water partition coefficient (Wildman–Crippen LogP) is 3.05. The van der Waals surface area contributed by atoms with E-state index in [1.165, 1.54) is 12.4 Å². The molecule has 0 bridgehead atoms. The van der Waals surface area contributed by atoms with Crippen LogP contribution in [0.25, 0.3) is 11.3 Å². The number of hydrogen-bond donors (Lipinski definition) is 0. The fraction of sp³-hybridized carbons (Fsp3) is 0. The van der Waals surface area contributed by atoms with Crippen LogP contribution in [0, 0.1) is 5.82 Å². The summed E-state index contributed by atoms with van der Waals surface area (Å²) in [5.41, 5.74) is 1.04. The summed E-state index contributed by atoms with van der Waals surface area (Å²) in [6.07, 6.45) is 2.99. The van der Waals surface area contributed by atoms with Gasteiger partial charge in [-0.1, -0.05) is 12.1 Å². The number of rotatable bonds is 1. The summed E-state index contributed by atoms with van der Waals surface area (Å²) >= 11 is 3.28. The summed E-state index contributed by atoms with van der Waals surface area (Å²) in [5, 5.41) is 0. The van der Waals surface area contributed by atoms with Crippen molar-refractivity contribution in [2.45, 2.75) is 0 Å². The van der Waals surface area contributed by atoms with E-state index in [2.05, 4.69) is 25.9 Å². The molecule has 0 saturated heterocycles. The van der Waals surface area contributed by atoms with Crippen molar-refractivity contribution in [3.05, 3.63) is 47.1 Å². The second-order valence-corrected chi connectivity index (χ2v) is 3.55. The van der Waals surface area contributed by atoms with Crippen LogP contribution in [0.2, 0.25) is 0 Å². The van der Waals surface area contributed by atoms with Crippen molar-refractivity contribution in [3.63, 3.8) is 0 Å². The van der Waals surface area contributed by atoms with E-state index in [0.29, 0.717) is 15.7 Å². The van der Waals surface area contributed by atoms with Gasteiger partial charge in [0.25, 0.3) is 0 Å². The average molecular weight is 253 g/mol. The Morgan fingerprint density at radius 3 is 2.71 bits per heavy atom. The molecule has 0 aliphatic carbocycles. The van der Waals surface area contributed by atoms with Gasteiger partial charge in [0, 0.05) is 11.8 Å². The minimum absolute atomic E-state index is 0.285. The Morgan fingerprint density at radius 2 is 2.00 bits per heavy atom. The first-order valence-corrected chi connectivity index (χ1v) is 4.79. The molecule has 2 aromatic rings. The molecule has 2 nitrogen and oxygen atoms in total. The zero-order valence-electron chi connectivity index (χ0n) is 7.11. The molecule has 0 atom stereocenters. The van der Waals surface area contributed by atoms with Crippen LogP contribution in [0.5, 0.6) is 0 Å². The first-order valence-electron chi connectivity index (χ1n) is 3.99. The predicted molar refractivity (Wildman–Crippen MR) is 55.1 cm³/mol. The van der Waals surface area contributed by atoms with E-state index in [4.69, 9.17) is 0 Å². The third-order valence-corrected chi connectivity index (χ3v) is 2.38. The molecule has 0 unspecified atom stereocenters. The molecule has 2 rings (SSSR count). The molecular weight excluding hydrogens is 247 g/mol. The Kier molecular flexibility index (Phi) is 2.54. The number of benzene rings is 1. The largest absolute Gasteiger partial charge is 0.244 e. The van der Waals surface area contributed by atoms with E-state index in [1.54, 1.807) is 24.4 Å². The SMILES string of the molecule is Fc1ccccc1-c1ncncc1Br. The summed E-state index contributed by atoms with van der Waals surface area (Å²) in [6, 6.07) is 6.51. The van der Waals surface area contributed by atoms with Crippen LogP contribution in [-0.2, 0) is 0 Å². The van der Waals surface area contributed by atoms with Crippen molar-refractivity contribution < 1.29 is 4.39 Å².